The van der Waals surface area contributed by atoms with E-state index in [2.05, 4.69) is 5.32 Å². The predicted molar refractivity (Wildman–Crippen MR) is 68.1 cm³/mol. The van der Waals surface area contributed by atoms with E-state index in [1.165, 1.54) is 4.90 Å². The van der Waals surface area contributed by atoms with E-state index in [0.717, 1.165) is 0 Å². The van der Waals surface area contributed by atoms with Gasteiger partial charge in [-0.1, -0.05) is 0 Å². The number of nitrogens with zero attached hydrogens (tertiary/aromatic N) is 1. The average Bonchev–Trinajstić information content (AvgIpc) is 2.27. The van der Waals surface area contributed by atoms with E-state index in [-0.39, 0.29) is 18.6 Å². The predicted octanol–water partition coefficient (Wildman–Crippen LogP) is 0.297. The molecule has 0 saturated carbocycles. The lowest BCUT2D eigenvalue weighted by molar-refractivity contribution is -0.153. The molecule has 0 aromatic heterocycles. The first-order valence-electron chi connectivity index (χ1n) is 6.29. The molecule has 110 valence electrons. The van der Waals surface area contributed by atoms with E-state index in [1.807, 2.05) is 0 Å². The molecule has 1 aliphatic heterocycles. The minimum absolute atomic E-state index is 0.0568. The van der Waals surface area contributed by atoms with Crippen molar-refractivity contribution < 1.29 is 24.2 Å². The van der Waals surface area contributed by atoms with Gasteiger partial charge in [0, 0.05) is 13.1 Å². The van der Waals surface area contributed by atoms with Crippen molar-refractivity contribution in [2.75, 3.05) is 32.8 Å². The van der Waals surface area contributed by atoms with Crippen molar-refractivity contribution in [1.82, 2.24) is 10.2 Å². The summed E-state index contributed by atoms with van der Waals surface area (Å²) in [6.07, 6.45) is -0.965. The SMILES string of the molecule is CC(C)(C)OC(=O)CNC[C@H]1COCCN1C(=O)O. The maximum absolute atomic E-state index is 11.5. The monoisotopic (exact) mass is 274 g/mol. The summed E-state index contributed by atoms with van der Waals surface area (Å²) in [5, 5.41) is 11.9. The molecule has 0 aromatic carbocycles. The molecule has 1 amide bonds. The Labute approximate surface area is 112 Å². The fraction of sp³-hybridized carbons (Fsp3) is 0.833. The number of amides is 1. The first kappa shape index (κ1) is 15.7. The van der Waals surface area contributed by atoms with Gasteiger partial charge < -0.3 is 19.9 Å². The van der Waals surface area contributed by atoms with Crippen LogP contribution in [0.4, 0.5) is 4.79 Å². The van der Waals surface area contributed by atoms with Crippen molar-refractivity contribution >= 4 is 12.1 Å². The van der Waals surface area contributed by atoms with Crippen LogP contribution < -0.4 is 5.32 Å². The second-order valence-corrected chi connectivity index (χ2v) is 5.42. The first-order chi connectivity index (χ1) is 8.79. The Balaban J connectivity index is 2.31. The minimum atomic E-state index is -0.965. The third kappa shape index (κ3) is 5.89. The highest BCUT2D eigenvalue weighted by Gasteiger charge is 2.27. The molecule has 1 heterocycles. The molecule has 0 radical (unpaired) electrons. The molecule has 1 saturated heterocycles. The molecule has 19 heavy (non-hydrogen) atoms. The Hall–Kier alpha value is -1.34. The Kier molecular flexibility index (Phi) is 5.56. The highest BCUT2D eigenvalue weighted by molar-refractivity contribution is 5.72. The standard InChI is InChI=1S/C12H22N2O5/c1-12(2,3)19-10(15)7-13-6-9-8-18-5-4-14(9)11(16)17/h9,13H,4-8H2,1-3H3,(H,16,17)/t9-/m0/s1. The van der Waals surface area contributed by atoms with Crippen LogP contribution in [0.1, 0.15) is 20.8 Å². The van der Waals surface area contributed by atoms with Crippen LogP contribution in [0.25, 0.3) is 0 Å². The number of nitrogens with one attached hydrogen (secondary N) is 1. The molecular formula is C12H22N2O5. The molecule has 7 nitrogen and oxygen atoms in total. The summed E-state index contributed by atoms with van der Waals surface area (Å²) in [4.78, 5) is 23.8. The highest BCUT2D eigenvalue weighted by Crippen LogP contribution is 2.07. The van der Waals surface area contributed by atoms with Gasteiger partial charge >= 0.3 is 12.1 Å². The van der Waals surface area contributed by atoms with Crippen LogP contribution in [0.3, 0.4) is 0 Å². The van der Waals surface area contributed by atoms with Crippen LogP contribution in [0, 0.1) is 0 Å². The Bertz CT molecular complexity index is 327. The molecule has 0 aliphatic carbocycles. The molecule has 1 fully saturated rings. The van der Waals surface area contributed by atoms with Gasteiger partial charge in [0.05, 0.1) is 25.8 Å². The van der Waals surface area contributed by atoms with Gasteiger partial charge in [-0.05, 0) is 20.8 Å². The second-order valence-electron chi connectivity index (χ2n) is 5.42. The van der Waals surface area contributed by atoms with Crippen molar-refractivity contribution in [2.45, 2.75) is 32.4 Å². The number of hydrogen-bond acceptors (Lipinski definition) is 5. The van der Waals surface area contributed by atoms with Crippen molar-refractivity contribution in [1.29, 1.82) is 0 Å². The molecule has 7 heteroatoms. The van der Waals surface area contributed by atoms with Gasteiger partial charge in [0.1, 0.15) is 5.60 Å². The minimum Gasteiger partial charge on any atom is -0.465 e. The molecule has 1 aliphatic rings. The van der Waals surface area contributed by atoms with E-state index in [9.17, 15) is 9.59 Å². The maximum Gasteiger partial charge on any atom is 0.407 e. The summed E-state index contributed by atoms with van der Waals surface area (Å²) in [6, 6.07) is -0.270. The number of hydrogen-bond donors (Lipinski definition) is 2. The fourth-order valence-corrected chi connectivity index (χ4v) is 1.79. The van der Waals surface area contributed by atoms with Gasteiger partial charge in [-0.2, -0.15) is 0 Å². The lowest BCUT2D eigenvalue weighted by Gasteiger charge is -2.33. The number of carbonyl (C=O) groups is 2. The van der Waals surface area contributed by atoms with Crippen LogP contribution in [0.15, 0.2) is 0 Å². The summed E-state index contributed by atoms with van der Waals surface area (Å²) in [7, 11) is 0. The zero-order valence-corrected chi connectivity index (χ0v) is 11.6. The lowest BCUT2D eigenvalue weighted by atomic mass is 10.2. The molecule has 0 unspecified atom stereocenters. The summed E-state index contributed by atoms with van der Waals surface area (Å²) in [5.41, 5.74) is -0.514. The molecular weight excluding hydrogens is 252 g/mol. The molecule has 1 rings (SSSR count). The quantitative estimate of drug-likeness (QED) is 0.717. The number of morpholine rings is 1. The van der Waals surface area contributed by atoms with Gasteiger partial charge in [-0.25, -0.2) is 4.79 Å². The van der Waals surface area contributed by atoms with E-state index < -0.39 is 11.7 Å². The number of ether oxygens (including phenoxy) is 2. The topological polar surface area (TPSA) is 88.1 Å². The van der Waals surface area contributed by atoms with Crippen LogP contribution in [0.5, 0.6) is 0 Å². The van der Waals surface area contributed by atoms with Crippen molar-refractivity contribution in [3.8, 4) is 0 Å². The zero-order chi connectivity index (χ0) is 14.5. The highest BCUT2D eigenvalue weighted by atomic mass is 16.6. The zero-order valence-electron chi connectivity index (χ0n) is 11.6. The van der Waals surface area contributed by atoms with Crippen LogP contribution in [0.2, 0.25) is 0 Å². The Morgan fingerprint density at radius 1 is 1.47 bits per heavy atom. The number of carbonyl (C=O) groups excluding carboxylic acids is 1. The van der Waals surface area contributed by atoms with Gasteiger partial charge in [-0.15, -0.1) is 0 Å². The Morgan fingerprint density at radius 3 is 2.74 bits per heavy atom. The molecule has 0 bridgehead atoms. The van der Waals surface area contributed by atoms with Gasteiger partial charge in [0.15, 0.2) is 0 Å². The summed E-state index contributed by atoms with van der Waals surface area (Å²) in [5.74, 6) is -0.355. The third-order valence-electron chi connectivity index (χ3n) is 2.54. The third-order valence-corrected chi connectivity index (χ3v) is 2.54. The van der Waals surface area contributed by atoms with Crippen LogP contribution >= 0.6 is 0 Å². The van der Waals surface area contributed by atoms with Gasteiger partial charge in [0.2, 0.25) is 0 Å². The smallest absolute Gasteiger partial charge is 0.407 e. The van der Waals surface area contributed by atoms with Gasteiger partial charge in [-0.3, -0.25) is 9.69 Å². The fourth-order valence-electron chi connectivity index (χ4n) is 1.79. The molecule has 0 spiro atoms. The largest absolute Gasteiger partial charge is 0.465 e. The van der Waals surface area contributed by atoms with E-state index in [0.29, 0.717) is 26.3 Å². The van der Waals surface area contributed by atoms with E-state index in [4.69, 9.17) is 14.6 Å². The molecule has 2 N–H and O–H groups in total. The Morgan fingerprint density at radius 2 is 2.16 bits per heavy atom. The first-order valence-corrected chi connectivity index (χ1v) is 6.29. The van der Waals surface area contributed by atoms with Gasteiger partial charge in [0.25, 0.3) is 0 Å². The number of rotatable bonds is 4. The normalized spacial score (nSPS) is 20.2. The molecule has 1 atom stereocenters. The summed E-state index contributed by atoms with van der Waals surface area (Å²) >= 11 is 0. The van der Waals surface area contributed by atoms with Crippen LogP contribution in [-0.2, 0) is 14.3 Å². The van der Waals surface area contributed by atoms with Crippen molar-refractivity contribution in [3.05, 3.63) is 0 Å². The number of carboxylic acid groups (broad SMARTS) is 1. The van der Waals surface area contributed by atoms with E-state index >= 15 is 0 Å². The lowest BCUT2D eigenvalue weighted by Crippen LogP contribution is -2.53. The average molecular weight is 274 g/mol. The summed E-state index contributed by atoms with van der Waals surface area (Å²) < 4.78 is 10.4. The van der Waals surface area contributed by atoms with Crippen molar-refractivity contribution in [2.24, 2.45) is 0 Å². The molecule has 0 aromatic rings. The van der Waals surface area contributed by atoms with Crippen molar-refractivity contribution in [3.63, 3.8) is 0 Å². The number of esters is 1. The van der Waals surface area contributed by atoms with Crippen LogP contribution in [-0.4, -0.2) is 66.6 Å². The van der Waals surface area contributed by atoms with E-state index in [1.54, 1.807) is 20.8 Å². The second kappa shape index (κ2) is 6.72. The maximum atomic E-state index is 11.5. The summed E-state index contributed by atoms with van der Waals surface area (Å²) in [6.45, 7) is 6.92.